The molecular weight excluding hydrogens is 356 g/mol. The van der Waals surface area contributed by atoms with Crippen LogP contribution in [0.25, 0.3) is 0 Å². The Kier molecular flexibility index (Phi) is 8.78. The molecule has 25 heavy (non-hydrogen) atoms. The van der Waals surface area contributed by atoms with Crippen molar-refractivity contribution in [3.63, 3.8) is 0 Å². The van der Waals surface area contributed by atoms with Crippen LogP contribution in [0, 0.1) is 0 Å². The summed E-state index contributed by atoms with van der Waals surface area (Å²) in [6, 6.07) is 17.1. The third-order valence-electron chi connectivity index (χ3n) is 3.11. The zero-order valence-electron chi connectivity index (χ0n) is 14.1. The molecule has 4 nitrogen and oxygen atoms in total. The van der Waals surface area contributed by atoms with E-state index in [2.05, 4.69) is 24.8 Å². The number of ether oxygens (including phenoxy) is 1. The average molecular weight is 379 g/mol. The lowest BCUT2D eigenvalue weighted by atomic mass is 9.97. The van der Waals surface area contributed by atoms with Crippen molar-refractivity contribution in [3.05, 3.63) is 71.8 Å². The first-order chi connectivity index (χ1) is 11.7. The molecule has 0 saturated heterocycles. The van der Waals surface area contributed by atoms with Gasteiger partial charge in [-0.05, 0) is 31.6 Å². The van der Waals surface area contributed by atoms with E-state index >= 15 is 0 Å². The fourth-order valence-corrected chi connectivity index (χ4v) is 2.34. The molecule has 0 spiro atoms. The summed E-state index contributed by atoms with van der Waals surface area (Å²) < 4.78 is 5.16. The Morgan fingerprint density at radius 1 is 1.08 bits per heavy atom. The Hall–Kier alpha value is -1.73. The number of benzene rings is 2. The van der Waals surface area contributed by atoms with Crippen LogP contribution in [-0.2, 0) is 21.7 Å². The second kappa shape index (κ2) is 10.3. The second-order valence-electron chi connectivity index (χ2n) is 5.56. The largest absolute Gasteiger partial charge is 0.476 e. The molecule has 0 radical (unpaired) electrons. The van der Waals surface area contributed by atoms with Gasteiger partial charge in [0.15, 0.2) is 0 Å². The quantitative estimate of drug-likeness (QED) is 0.423. The van der Waals surface area contributed by atoms with Crippen molar-refractivity contribution < 1.29 is 19.7 Å². The highest BCUT2D eigenvalue weighted by atomic mass is 32.1. The number of hydrogen-bond donors (Lipinski definition) is 3. The van der Waals surface area contributed by atoms with Crippen molar-refractivity contribution in [1.82, 2.24) is 0 Å². The fraction of sp³-hybridized carbons (Fsp3) is 0.263. The lowest BCUT2D eigenvalue weighted by Crippen LogP contribution is -2.36. The monoisotopic (exact) mass is 378 g/mol. The van der Waals surface area contributed by atoms with E-state index < -0.39 is 11.6 Å². The normalized spacial score (nSPS) is 10.6. The highest BCUT2D eigenvalue weighted by molar-refractivity contribution is 8.10. The van der Waals surface area contributed by atoms with E-state index in [1.54, 1.807) is 30.3 Å². The first-order valence-electron chi connectivity index (χ1n) is 7.70. The van der Waals surface area contributed by atoms with Crippen LogP contribution >= 0.6 is 24.8 Å². The average Bonchev–Trinajstić information content (AvgIpc) is 2.56. The van der Waals surface area contributed by atoms with Crippen LogP contribution in [0.5, 0.6) is 0 Å². The van der Waals surface area contributed by atoms with Gasteiger partial charge >= 0.3 is 0 Å². The molecule has 0 unspecified atom stereocenters. The minimum Gasteiger partial charge on any atom is -0.476 e. The van der Waals surface area contributed by atoms with Crippen LogP contribution in [-0.4, -0.2) is 26.5 Å². The van der Waals surface area contributed by atoms with Gasteiger partial charge in [0.2, 0.25) is 10.2 Å². The van der Waals surface area contributed by atoms with Crippen LogP contribution in [0.2, 0.25) is 0 Å². The van der Waals surface area contributed by atoms with Crippen LogP contribution in [0.4, 0.5) is 0 Å². The summed E-state index contributed by atoms with van der Waals surface area (Å²) in [5.41, 5.74) is 0.942. The summed E-state index contributed by atoms with van der Waals surface area (Å²) in [6.45, 7) is 3.81. The standard InChI is InChI=1S/C15H14O3.C4H8OS2/c16-14(11-12-7-3-1-4-8-12)15(17,18)13-9-5-2-6-10-13;1-3(2)5-4(6)7/h1-10,17-18H,11H2;3H,1-2H3,(H,6,7). The second-order valence-corrected chi connectivity index (χ2v) is 6.64. The van der Waals surface area contributed by atoms with Crippen molar-refractivity contribution in [3.8, 4) is 0 Å². The summed E-state index contributed by atoms with van der Waals surface area (Å²) in [6.07, 6.45) is 0.146. The summed E-state index contributed by atoms with van der Waals surface area (Å²) in [5.74, 6) is -3.07. The van der Waals surface area contributed by atoms with Gasteiger partial charge in [-0.1, -0.05) is 73.3 Å². The number of thiol groups is 1. The van der Waals surface area contributed by atoms with Crippen molar-refractivity contribution in [2.75, 3.05) is 0 Å². The number of hydrogen-bond acceptors (Lipinski definition) is 5. The van der Waals surface area contributed by atoms with E-state index in [0.29, 0.717) is 4.38 Å². The van der Waals surface area contributed by atoms with Crippen molar-refractivity contribution in [1.29, 1.82) is 0 Å². The van der Waals surface area contributed by atoms with E-state index in [1.807, 2.05) is 32.0 Å². The molecule has 2 aromatic rings. The Morgan fingerprint density at radius 3 is 1.96 bits per heavy atom. The molecule has 2 N–H and O–H groups in total. The molecule has 0 bridgehead atoms. The Morgan fingerprint density at radius 2 is 1.56 bits per heavy atom. The van der Waals surface area contributed by atoms with E-state index in [-0.39, 0.29) is 18.1 Å². The third-order valence-corrected chi connectivity index (χ3v) is 3.31. The molecule has 6 heteroatoms. The molecular formula is C19H22O4S2. The topological polar surface area (TPSA) is 66.8 Å². The van der Waals surface area contributed by atoms with Gasteiger partial charge in [0.1, 0.15) is 0 Å². The van der Waals surface area contributed by atoms with Gasteiger partial charge in [-0.2, -0.15) is 0 Å². The highest BCUT2D eigenvalue weighted by Crippen LogP contribution is 2.20. The number of rotatable bonds is 5. The lowest BCUT2D eigenvalue weighted by Gasteiger charge is -2.20. The van der Waals surface area contributed by atoms with E-state index in [4.69, 9.17) is 4.74 Å². The number of carbonyl (C=O) groups is 1. The minimum atomic E-state index is -2.43. The van der Waals surface area contributed by atoms with Gasteiger partial charge in [0.25, 0.3) is 5.79 Å². The van der Waals surface area contributed by atoms with Gasteiger partial charge in [-0.25, -0.2) is 0 Å². The summed E-state index contributed by atoms with van der Waals surface area (Å²) in [7, 11) is 0. The summed E-state index contributed by atoms with van der Waals surface area (Å²) in [4.78, 5) is 11.9. The molecule has 0 saturated carbocycles. The molecule has 0 amide bonds. The van der Waals surface area contributed by atoms with Crippen LogP contribution in [0.3, 0.4) is 0 Å². The van der Waals surface area contributed by atoms with Crippen molar-refractivity contribution in [2.24, 2.45) is 0 Å². The van der Waals surface area contributed by atoms with Crippen LogP contribution < -0.4 is 0 Å². The molecule has 0 atom stereocenters. The van der Waals surface area contributed by atoms with Gasteiger partial charge in [0, 0.05) is 12.0 Å². The summed E-state index contributed by atoms with van der Waals surface area (Å²) >= 11 is 8.26. The smallest absolute Gasteiger partial charge is 0.251 e. The predicted octanol–water partition coefficient (Wildman–Crippen LogP) is 3.26. The van der Waals surface area contributed by atoms with E-state index in [1.165, 1.54) is 12.1 Å². The maximum atomic E-state index is 11.9. The van der Waals surface area contributed by atoms with E-state index in [0.717, 1.165) is 5.56 Å². The molecule has 0 aromatic heterocycles. The molecule has 0 aliphatic heterocycles. The third kappa shape index (κ3) is 7.79. The lowest BCUT2D eigenvalue weighted by molar-refractivity contribution is -0.186. The zero-order valence-corrected chi connectivity index (χ0v) is 15.8. The van der Waals surface area contributed by atoms with Gasteiger partial charge in [-0.15, -0.1) is 0 Å². The first kappa shape index (κ1) is 21.3. The Balaban J connectivity index is 0.000000381. The molecule has 2 aromatic carbocycles. The molecule has 0 aliphatic rings. The maximum Gasteiger partial charge on any atom is 0.251 e. The number of Topliss-reactive ketones (excluding diaryl/α,β-unsaturated/α-hetero) is 1. The van der Waals surface area contributed by atoms with Crippen LogP contribution in [0.15, 0.2) is 60.7 Å². The Bertz CT molecular complexity index is 670. The maximum absolute atomic E-state index is 11.9. The van der Waals surface area contributed by atoms with Crippen molar-refractivity contribution >= 4 is 35.0 Å². The number of aliphatic hydroxyl groups is 2. The van der Waals surface area contributed by atoms with Gasteiger partial charge in [-0.3, -0.25) is 4.79 Å². The highest BCUT2D eigenvalue weighted by Gasteiger charge is 2.34. The first-order valence-corrected chi connectivity index (χ1v) is 8.56. The Labute approximate surface area is 158 Å². The SMILES string of the molecule is CC(C)OC(=S)S.O=C(Cc1ccccc1)C(O)(O)c1ccccc1. The minimum absolute atomic E-state index is 0.0112. The van der Waals surface area contributed by atoms with E-state index in [9.17, 15) is 15.0 Å². The van der Waals surface area contributed by atoms with Gasteiger partial charge in [0.05, 0.1) is 6.10 Å². The van der Waals surface area contributed by atoms with Crippen molar-refractivity contribution in [2.45, 2.75) is 32.2 Å². The number of thiocarbonyl (C=S) groups is 1. The molecule has 134 valence electrons. The predicted molar refractivity (Wildman–Crippen MR) is 106 cm³/mol. The number of ketones is 1. The zero-order chi connectivity index (χ0) is 18.9. The number of carbonyl (C=O) groups excluding carboxylic acids is 1. The summed E-state index contributed by atoms with van der Waals surface area (Å²) in [5, 5.41) is 19.8. The van der Waals surface area contributed by atoms with Gasteiger partial charge < -0.3 is 14.9 Å². The fourth-order valence-electron chi connectivity index (χ4n) is 1.94. The molecule has 0 aliphatic carbocycles. The molecule has 0 heterocycles. The molecule has 2 rings (SSSR count). The molecule has 0 fully saturated rings. The van der Waals surface area contributed by atoms with Crippen LogP contribution in [0.1, 0.15) is 25.0 Å².